The van der Waals surface area contributed by atoms with Gasteiger partial charge in [-0.3, -0.25) is 4.79 Å². The summed E-state index contributed by atoms with van der Waals surface area (Å²) in [7, 11) is 0. The first-order valence-corrected chi connectivity index (χ1v) is 7.69. The zero-order valence-corrected chi connectivity index (χ0v) is 13.3. The van der Waals surface area contributed by atoms with E-state index in [-0.39, 0.29) is 11.9 Å². The lowest BCUT2D eigenvalue weighted by Crippen LogP contribution is -2.22. The molecular formula is C15H20N4OS. The van der Waals surface area contributed by atoms with Crippen LogP contribution in [0.4, 0.5) is 11.4 Å². The molecular weight excluding hydrogens is 284 g/mol. The van der Waals surface area contributed by atoms with Crippen molar-refractivity contribution >= 4 is 28.6 Å². The smallest absolute Gasteiger partial charge is 0.251 e. The highest BCUT2D eigenvalue weighted by Gasteiger charge is 2.12. The average Bonchev–Trinajstić information content (AvgIpc) is 2.88. The fraction of sp³-hybridized carbons (Fsp3) is 0.333. The Bertz CT molecular complexity index is 638. The highest BCUT2D eigenvalue weighted by molar-refractivity contribution is 7.11. The monoisotopic (exact) mass is 304 g/mol. The topological polar surface area (TPSA) is 80.0 Å². The van der Waals surface area contributed by atoms with E-state index in [4.69, 9.17) is 5.73 Å². The Hall–Kier alpha value is -2.08. The van der Waals surface area contributed by atoms with Crippen molar-refractivity contribution in [2.45, 2.75) is 26.8 Å². The van der Waals surface area contributed by atoms with E-state index >= 15 is 0 Å². The standard InChI is InChI=1S/C15H20N4OS/c1-4-17-14(20)11-5-6-13(12(16)7-11)19-10(3)15-18-8-9(2)21-15/h5-8,10,19H,4,16H2,1-3H3,(H,17,20). The largest absolute Gasteiger partial charge is 0.397 e. The number of carbonyl (C=O) groups excluding carboxylic acids is 1. The third kappa shape index (κ3) is 3.72. The van der Waals surface area contributed by atoms with Gasteiger partial charge in [-0.25, -0.2) is 4.98 Å². The minimum Gasteiger partial charge on any atom is -0.397 e. The van der Waals surface area contributed by atoms with Gasteiger partial charge in [0.05, 0.1) is 17.4 Å². The number of hydrogen-bond donors (Lipinski definition) is 3. The minimum atomic E-state index is -0.112. The van der Waals surface area contributed by atoms with E-state index in [0.29, 0.717) is 17.8 Å². The van der Waals surface area contributed by atoms with Crippen LogP contribution in [0.25, 0.3) is 0 Å². The predicted molar refractivity (Wildman–Crippen MR) is 87.8 cm³/mol. The van der Waals surface area contributed by atoms with E-state index in [0.717, 1.165) is 10.7 Å². The number of nitrogens with one attached hydrogen (secondary N) is 2. The highest BCUT2D eigenvalue weighted by atomic mass is 32.1. The lowest BCUT2D eigenvalue weighted by Gasteiger charge is -2.15. The fourth-order valence-electron chi connectivity index (χ4n) is 1.97. The average molecular weight is 304 g/mol. The van der Waals surface area contributed by atoms with Gasteiger partial charge in [0.1, 0.15) is 5.01 Å². The molecule has 0 saturated heterocycles. The third-order valence-electron chi connectivity index (χ3n) is 3.03. The number of nitrogens with two attached hydrogens (primary N) is 1. The molecule has 2 aromatic rings. The van der Waals surface area contributed by atoms with Crippen LogP contribution in [0.5, 0.6) is 0 Å². The Morgan fingerprint density at radius 2 is 2.24 bits per heavy atom. The van der Waals surface area contributed by atoms with E-state index in [2.05, 4.69) is 15.6 Å². The van der Waals surface area contributed by atoms with Crippen LogP contribution in [0.15, 0.2) is 24.4 Å². The van der Waals surface area contributed by atoms with Crippen LogP contribution in [0.1, 0.15) is 40.1 Å². The molecule has 0 aliphatic carbocycles. The van der Waals surface area contributed by atoms with Gasteiger partial charge in [-0.15, -0.1) is 11.3 Å². The third-order valence-corrected chi connectivity index (χ3v) is 4.13. The van der Waals surface area contributed by atoms with Crippen molar-refractivity contribution < 1.29 is 4.79 Å². The molecule has 1 heterocycles. The van der Waals surface area contributed by atoms with Crippen molar-refractivity contribution in [2.24, 2.45) is 0 Å². The molecule has 0 aliphatic rings. The number of hydrogen-bond acceptors (Lipinski definition) is 5. The molecule has 1 unspecified atom stereocenters. The van der Waals surface area contributed by atoms with Gasteiger partial charge in [0.2, 0.25) is 0 Å². The van der Waals surface area contributed by atoms with Crippen molar-refractivity contribution in [3.05, 3.63) is 39.8 Å². The van der Waals surface area contributed by atoms with Gasteiger partial charge >= 0.3 is 0 Å². The first-order valence-electron chi connectivity index (χ1n) is 6.87. The molecule has 0 saturated carbocycles. The number of carbonyl (C=O) groups is 1. The van der Waals surface area contributed by atoms with Crippen molar-refractivity contribution in [1.82, 2.24) is 10.3 Å². The van der Waals surface area contributed by atoms with E-state index < -0.39 is 0 Å². The van der Waals surface area contributed by atoms with Gasteiger partial charge in [0.25, 0.3) is 5.91 Å². The van der Waals surface area contributed by atoms with Gasteiger partial charge in [0.15, 0.2) is 0 Å². The summed E-state index contributed by atoms with van der Waals surface area (Å²) in [5.74, 6) is -0.112. The summed E-state index contributed by atoms with van der Waals surface area (Å²) in [6.45, 7) is 6.55. The quantitative estimate of drug-likeness (QED) is 0.742. The molecule has 2 rings (SSSR count). The van der Waals surface area contributed by atoms with Gasteiger partial charge in [0, 0.05) is 23.2 Å². The van der Waals surface area contributed by atoms with Crippen LogP contribution in [-0.4, -0.2) is 17.4 Å². The summed E-state index contributed by atoms with van der Waals surface area (Å²) in [6, 6.07) is 5.36. The second kappa shape index (κ2) is 6.58. The zero-order chi connectivity index (χ0) is 15.4. The van der Waals surface area contributed by atoms with E-state index in [1.807, 2.05) is 33.0 Å². The van der Waals surface area contributed by atoms with Crippen molar-refractivity contribution in [3.8, 4) is 0 Å². The van der Waals surface area contributed by atoms with Crippen LogP contribution in [0.3, 0.4) is 0 Å². The van der Waals surface area contributed by atoms with Crippen LogP contribution >= 0.6 is 11.3 Å². The van der Waals surface area contributed by atoms with Crippen molar-refractivity contribution in [1.29, 1.82) is 0 Å². The predicted octanol–water partition coefficient (Wildman–Crippen LogP) is 2.96. The Kier molecular flexibility index (Phi) is 4.80. The number of nitrogens with zero attached hydrogens (tertiary/aromatic N) is 1. The van der Waals surface area contributed by atoms with Crippen LogP contribution in [0, 0.1) is 6.92 Å². The fourth-order valence-corrected chi connectivity index (χ4v) is 2.74. The summed E-state index contributed by atoms with van der Waals surface area (Å²) >= 11 is 1.66. The number of thiazole rings is 1. The lowest BCUT2D eigenvalue weighted by molar-refractivity contribution is 0.0956. The number of aromatic nitrogens is 1. The molecule has 0 radical (unpaired) electrons. The molecule has 6 heteroatoms. The number of benzene rings is 1. The van der Waals surface area contributed by atoms with Gasteiger partial charge in [-0.2, -0.15) is 0 Å². The Morgan fingerprint density at radius 3 is 2.81 bits per heavy atom. The molecule has 4 N–H and O–H groups in total. The van der Waals surface area contributed by atoms with Crippen LogP contribution < -0.4 is 16.4 Å². The van der Waals surface area contributed by atoms with Gasteiger partial charge < -0.3 is 16.4 Å². The summed E-state index contributed by atoms with van der Waals surface area (Å²) in [4.78, 5) is 17.3. The lowest BCUT2D eigenvalue weighted by atomic mass is 10.1. The maximum Gasteiger partial charge on any atom is 0.251 e. The molecule has 1 aromatic carbocycles. The molecule has 112 valence electrons. The van der Waals surface area contributed by atoms with Gasteiger partial charge in [-0.05, 0) is 39.0 Å². The first-order chi connectivity index (χ1) is 10.0. The zero-order valence-electron chi connectivity index (χ0n) is 12.4. The number of rotatable bonds is 5. The maximum atomic E-state index is 11.8. The summed E-state index contributed by atoms with van der Waals surface area (Å²) in [5, 5.41) is 7.10. The number of amides is 1. The summed E-state index contributed by atoms with van der Waals surface area (Å²) in [5.41, 5.74) is 7.96. The Labute approximate surface area is 128 Å². The molecule has 0 spiro atoms. The molecule has 1 aromatic heterocycles. The maximum absolute atomic E-state index is 11.8. The Morgan fingerprint density at radius 1 is 1.48 bits per heavy atom. The second-order valence-corrected chi connectivity index (χ2v) is 6.10. The number of aryl methyl sites for hydroxylation is 1. The normalized spacial score (nSPS) is 12.0. The molecule has 0 aliphatic heterocycles. The highest BCUT2D eigenvalue weighted by Crippen LogP contribution is 2.27. The minimum absolute atomic E-state index is 0.0707. The summed E-state index contributed by atoms with van der Waals surface area (Å²) in [6.07, 6.45) is 1.86. The molecule has 1 amide bonds. The molecule has 21 heavy (non-hydrogen) atoms. The van der Waals surface area contributed by atoms with Crippen molar-refractivity contribution in [3.63, 3.8) is 0 Å². The van der Waals surface area contributed by atoms with Crippen molar-refractivity contribution in [2.75, 3.05) is 17.6 Å². The van der Waals surface area contributed by atoms with Gasteiger partial charge in [-0.1, -0.05) is 0 Å². The Balaban J connectivity index is 2.12. The molecule has 0 fully saturated rings. The molecule has 0 bridgehead atoms. The SMILES string of the molecule is CCNC(=O)c1ccc(NC(C)c2ncc(C)s2)c(N)c1. The first kappa shape index (κ1) is 15.3. The number of anilines is 2. The van der Waals surface area contributed by atoms with Crippen LogP contribution in [-0.2, 0) is 0 Å². The van der Waals surface area contributed by atoms with E-state index in [9.17, 15) is 4.79 Å². The van der Waals surface area contributed by atoms with E-state index in [1.165, 1.54) is 4.88 Å². The van der Waals surface area contributed by atoms with Crippen LogP contribution in [0.2, 0.25) is 0 Å². The molecule has 1 atom stereocenters. The second-order valence-electron chi connectivity index (χ2n) is 4.84. The number of nitrogen functional groups attached to an aromatic ring is 1. The van der Waals surface area contributed by atoms with E-state index in [1.54, 1.807) is 23.5 Å². The summed E-state index contributed by atoms with van der Waals surface area (Å²) < 4.78 is 0. The molecule has 5 nitrogen and oxygen atoms in total.